The molecule has 0 saturated carbocycles. The van der Waals surface area contributed by atoms with E-state index < -0.39 is 10.0 Å². The first-order valence-electron chi connectivity index (χ1n) is 9.13. The van der Waals surface area contributed by atoms with Crippen LogP contribution in [0, 0.1) is 5.92 Å². The van der Waals surface area contributed by atoms with Gasteiger partial charge in [-0.25, -0.2) is 8.42 Å². The molecule has 1 aromatic carbocycles. The van der Waals surface area contributed by atoms with Gasteiger partial charge in [0.1, 0.15) is 0 Å². The van der Waals surface area contributed by atoms with Crippen LogP contribution in [0.1, 0.15) is 37.0 Å². The fourth-order valence-corrected chi connectivity index (χ4v) is 4.58. The van der Waals surface area contributed by atoms with E-state index in [1.54, 1.807) is 29.2 Å². The number of carbonyl (C=O) groups excluding carboxylic acids is 1. The van der Waals surface area contributed by atoms with Crippen LogP contribution in [0.15, 0.2) is 41.6 Å². The maximum absolute atomic E-state index is 12.6. The maximum atomic E-state index is 12.6. The third kappa shape index (κ3) is 4.54. The molecule has 1 fully saturated rings. The summed E-state index contributed by atoms with van der Waals surface area (Å²) in [5.41, 5.74) is 0.430. The predicted molar refractivity (Wildman–Crippen MR) is 101 cm³/mol. The van der Waals surface area contributed by atoms with Crippen molar-refractivity contribution in [1.29, 1.82) is 0 Å². The van der Waals surface area contributed by atoms with E-state index in [1.807, 2.05) is 13.8 Å². The van der Waals surface area contributed by atoms with E-state index in [2.05, 4.69) is 15.6 Å². The Bertz CT molecular complexity index is 857. The van der Waals surface area contributed by atoms with E-state index >= 15 is 0 Å². The molecule has 1 aromatic heterocycles. The minimum Gasteiger partial charge on any atom is -0.347 e. The molecule has 9 heteroatoms. The quantitative estimate of drug-likeness (QED) is 0.772. The second-order valence-electron chi connectivity index (χ2n) is 7.08. The standard InChI is InChI=1S/C18H25N5O3S/c1-14(2)17(13-22-12-9-19-21-22)20-18(24)15-5-7-16(8-6-15)27(25,26)23-10-3-4-11-23/h5-9,12,14,17H,3-4,10-11,13H2,1-2H3,(H,20,24)/t17-/m0/s1. The zero-order chi connectivity index (χ0) is 19.4. The summed E-state index contributed by atoms with van der Waals surface area (Å²) in [6.07, 6.45) is 5.13. The first-order chi connectivity index (χ1) is 12.9. The summed E-state index contributed by atoms with van der Waals surface area (Å²) in [6, 6.07) is 6.01. The molecule has 3 rings (SSSR count). The van der Waals surface area contributed by atoms with Crippen molar-refractivity contribution in [2.24, 2.45) is 5.92 Å². The lowest BCUT2D eigenvalue weighted by atomic mass is 10.0. The average molecular weight is 391 g/mol. The molecular weight excluding hydrogens is 366 g/mol. The van der Waals surface area contributed by atoms with E-state index in [1.165, 1.54) is 16.4 Å². The Labute approximate surface area is 159 Å². The smallest absolute Gasteiger partial charge is 0.251 e. The summed E-state index contributed by atoms with van der Waals surface area (Å²) in [6.45, 7) is 5.68. The van der Waals surface area contributed by atoms with Crippen molar-refractivity contribution < 1.29 is 13.2 Å². The molecule has 0 aliphatic carbocycles. The van der Waals surface area contributed by atoms with Crippen LogP contribution in [-0.2, 0) is 16.6 Å². The van der Waals surface area contributed by atoms with Crippen molar-refractivity contribution in [3.8, 4) is 0 Å². The maximum Gasteiger partial charge on any atom is 0.251 e. The number of carbonyl (C=O) groups is 1. The van der Waals surface area contributed by atoms with Crippen molar-refractivity contribution in [2.75, 3.05) is 13.1 Å². The van der Waals surface area contributed by atoms with Gasteiger partial charge in [0.15, 0.2) is 0 Å². The van der Waals surface area contributed by atoms with Crippen LogP contribution in [0.4, 0.5) is 0 Å². The van der Waals surface area contributed by atoms with Gasteiger partial charge < -0.3 is 5.32 Å². The molecule has 27 heavy (non-hydrogen) atoms. The fourth-order valence-electron chi connectivity index (χ4n) is 3.06. The first-order valence-corrected chi connectivity index (χ1v) is 10.6. The molecule has 146 valence electrons. The molecule has 1 aliphatic rings. The molecule has 1 atom stereocenters. The summed E-state index contributed by atoms with van der Waals surface area (Å²) in [5, 5.41) is 10.7. The third-order valence-electron chi connectivity index (χ3n) is 4.80. The first kappa shape index (κ1) is 19.5. The number of benzene rings is 1. The molecular formula is C18H25N5O3S. The molecule has 1 saturated heterocycles. The Kier molecular flexibility index (Phi) is 5.91. The van der Waals surface area contributed by atoms with Gasteiger partial charge in [0.2, 0.25) is 10.0 Å². The van der Waals surface area contributed by atoms with E-state index in [-0.39, 0.29) is 22.8 Å². The zero-order valence-electron chi connectivity index (χ0n) is 15.6. The number of amides is 1. The highest BCUT2D eigenvalue weighted by atomic mass is 32.2. The number of nitrogens with one attached hydrogen (secondary N) is 1. The molecule has 0 radical (unpaired) electrons. The van der Waals surface area contributed by atoms with Crippen LogP contribution in [0.3, 0.4) is 0 Å². The van der Waals surface area contributed by atoms with Crippen molar-refractivity contribution in [3.63, 3.8) is 0 Å². The van der Waals surface area contributed by atoms with Crippen LogP contribution in [-0.4, -0.2) is 52.8 Å². The fraction of sp³-hybridized carbons (Fsp3) is 0.500. The number of hydrogen-bond donors (Lipinski definition) is 1. The van der Waals surface area contributed by atoms with Gasteiger partial charge in [-0.15, -0.1) is 5.10 Å². The van der Waals surface area contributed by atoms with E-state index in [0.29, 0.717) is 25.2 Å². The lowest BCUT2D eigenvalue weighted by molar-refractivity contribution is 0.0919. The number of aromatic nitrogens is 3. The molecule has 8 nitrogen and oxygen atoms in total. The highest BCUT2D eigenvalue weighted by molar-refractivity contribution is 7.89. The van der Waals surface area contributed by atoms with Gasteiger partial charge in [-0.05, 0) is 43.0 Å². The normalized spacial score (nSPS) is 16.6. The molecule has 1 N–H and O–H groups in total. The van der Waals surface area contributed by atoms with E-state index in [0.717, 1.165) is 12.8 Å². The van der Waals surface area contributed by atoms with Crippen molar-refractivity contribution >= 4 is 15.9 Å². The number of nitrogens with zero attached hydrogens (tertiary/aromatic N) is 4. The summed E-state index contributed by atoms with van der Waals surface area (Å²) in [7, 11) is -3.47. The Morgan fingerprint density at radius 1 is 1.19 bits per heavy atom. The minimum absolute atomic E-state index is 0.118. The van der Waals surface area contributed by atoms with Crippen molar-refractivity contribution in [3.05, 3.63) is 42.2 Å². The van der Waals surface area contributed by atoms with Crippen LogP contribution in [0.5, 0.6) is 0 Å². The molecule has 2 aromatic rings. The zero-order valence-corrected chi connectivity index (χ0v) is 16.4. The Morgan fingerprint density at radius 3 is 2.41 bits per heavy atom. The topological polar surface area (TPSA) is 97.2 Å². The molecule has 2 heterocycles. The van der Waals surface area contributed by atoms with Gasteiger partial charge in [-0.1, -0.05) is 19.1 Å². The van der Waals surface area contributed by atoms with Gasteiger partial charge in [-0.2, -0.15) is 4.31 Å². The Hall–Kier alpha value is -2.26. The van der Waals surface area contributed by atoms with E-state index in [9.17, 15) is 13.2 Å². The average Bonchev–Trinajstić information content (AvgIpc) is 3.35. The molecule has 0 unspecified atom stereocenters. The number of hydrogen-bond acceptors (Lipinski definition) is 5. The van der Waals surface area contributed by atoms with Gasteiger partial charge >= 0.3 is 0 Å². The number of sulfonamides is 1. The Balaban J connectivity index is 1.69. The molecule has 0 bridgehead atoms. The van der Waals surface area contributed by atoms with Gasteiger partial charge in [0.25, 0.3) is 5.91 Å². The molecule has 0 spiro atoms. The summed E-state index contributed by atoms with van der Waals surface area (Å²) in [5.74, 6) is -0.0353. The largest absolute Gasteiger partial charge is 0.347 e. The van der Waals surface area contributed by atoms with Crippen LogP contribution >= 0.6 is 0 Å². The highest BCUT2D eigenvalue weighted by Crippen LogP contribution is 2.21. The van der Waals surface area contributed by atoms with E-state index in [4.69, 9.17) is 0 Å². The summed E-state index contributed by atoms with van der Waals surface area (Å²) >= 11 is 0. The second-order valence-corrected chi connectivity index (χ2v) is 9.02. The van der Waals surface area contributed by atoms with Crippen molar-refractivity contribution in [1.82, 2.24) is 24.6 Å². The second kappa shape index (κ2) is 8.18. The van der Waals surface area contributed by atoms with Crippen molar-refractivity contribution in [2.45, 2.75) is 44.2 Å². The minimum atomic E-state index is -3.47. The third-order valence-corrected chi connectivity index (χ3v) is 6.71. The van der Waals surface area contributed by atoms with Crippen LogP contribution in [0.2, 0.25) is 0 Å². The SMILES string of the molecule is CC(C)[C@H](Cn1ccnn1)NC(=O)c1ccc(S(=O)(=O)N2CCCC2)cc1. The lowest BCUT2D eigenvalue weighted by Crippen LogP contribution is -2.41. The lowest BCUT2D eigenvalue weighted by Gasteiger charge is -2.22. The summed E-state index contributed by atoms with van der Waals surface area (Å²) < 4.78 is 28.3. The molecule has 1 aliphatic heterocycles. The van der Waals surface area contributed by atoms with Gasteiger partial charge in [-0.3, -0.25) is 9.48 Å². The predicted octanol–water partition coefficient (Wildman–Crippen LogP) is 1.52. The summed E-state index contributed by atoms with van der Waals surface area (Å²) in [4.78, 5) is 12.8. The highest BCUT2D eigenvalue weighted by Gasteiger charge is 2.27. The van der Waals surface area contributed by atoms with Gasteiger partial charge in [0.05, 0.1) is 23.7 Å². The number of rotatable bonds is 7. The monoisotopic (exact) mass is 391 g/mol. The molecule has 1 amide bonds. The Morgan fingerprint density at radius 2 is 1.85 bits per heavy atom. The van der Waals surface area contributed by atoms with Gasteiger partial charge in [0, 0.05) is 24.8 Å². The van der Waals surface area contributed by atoms with Crippen LogP contribution < -0.4 is 5.32 Å². The van der Waals surface area contributed by atoms with Crippen LogP contribution in [0.25, 0.3) is 0 Å².